The molecule has 0 aromatic heterocycles. The second-order valence-electron chi connectivity index (χ2n) is 6.01. The predicted octanol–water partition coefficient (Wildman–Crippen LogP) is 1.37. The van der Waals surface area contributed by atoms with Crippen molar-refractivity contribution in [3.05, 3.63) is 35.9 Å². The first kappa shape index (κ1) is 16.0. The molecule has 1 heterocycles. The van der Waals surface area contributed by atoms with Crippen LogP contribution >= 0.6 is 0 Å². The van der Waals surface area contributed by atoms with Crippen molar-refractivity contribution in [2.45, 2.75) is 31.3 Å². The lowest BCUT2D eigenvalue weighted by Crippen LogP contribution is -2.51. The van der Waals surface area contributed by atoms with Crippen LogP contribution in [-0.4, -0.2) is 62.0 Å². The van der Waals surface area contributed by atoms with E-state index < -0.39 is 0 Å². The zero-order chi connectivity index (χ0) is 15.2. The molecule has 0 saturated carbocycles. The minimum Gasteiger partial charge on any atom is -0.341 e. The number of carbonyl (C=O) groups is 1. The lowest BCUT2D eigenvalue weighted by atomic mass is 10.0. The monoisotopic (exact) mass is 289 g/mol. The fourth-order valence-corrected chi connectivity index (χ4v) is 2.97. The van der Waals surface area contributed by atoms with Crippen molar-refractivity contribution in [3.63, 3.8) is 0 Å². The molecule has 0 spiro atoms. The van der Waals surface area contributed by atoms with Crippen LogP contribution in [0.25, 0.3) is 0 Å². The molecule has 0 unspecified atom stereocenters. The summed E-state index contributed by atoms with van der Waals surface area (Å²) in [5.74, 6) is 0.205. The van der Waals surface area contributed by atoms with Crippen LogP contribution in [0.5, 0.6) is 0 Å². The van der Waals surface area contributed by atoms with Gasteiger partial charge in [0.2, 0.25) is 5.91 Å². The van der Waals surface area contributed by atoms with E-state index in [4.69, 9.17) is 0 Å². The molecule has 1 aliphatic rings. The number of nitrogens with zero attached hydrogens (tertiary/aromatic N) is 2. The zero-order valence-electron chi connectivity index (χ0n) is 13.4. The number of hydrogen-bond acceptors (Lipinski definition) is 3. The van der Waals surface area contributed by atoms with E-state index in [1.54, 1.807) is 0 Å². The quantitative estimate of drug-likeness (QED) is 0.889. The van der Waals surface area contributed by atoms with Crippen molar-refractivity contribution in [1.29, 1.82) is 0 Å². The Balaban J connectivity index is 1.95. The molecule has 0 radical (unpaired) electrons. The van der Waals surface area contributed by atoms with Crippen LogP contribution in [0.15, 0.2) is 30.3 Å². The lowest BCUT2D eigenvalue weighted by Gasteiger charge is -2.36. The van der Waals surface area contributed by atoms with Gasteiger partial charge in [0, 0.05) is 13.1 Å². The standard InChI is InChI=1S/C17H27N3O/c1-18-16(13-14-7-5-4-6-8-14)17(21)20(3)15-9-11-19(2)12-10-15/h4-8,15-16,18H,9-13H2,1-3H3/t16-/m1/s1. The fourth-order valence-electron chi connectivity index (χ4n) is 2.97. The molecule has 1 atom stereocenters. The Morgan fingerprint density at radius 1 is 1.33 bits per heavy atom. The molecular formula is C17H27N3O. The van der Waals surface area contributed by atoms with Gasteiger partial charge in [0.1, 0.15) is 0 Å². The zero-order valence-corrected chi connectivity index (χ0v) is 13.4. The summed E-state index contributed by atoms with van der Waals surface area (Å²) in [7, 11) is 5.96. The topological polar surface area (TPSA) is 35.6 Å². The summed E-state index contributed by atoms with van der Waals surface area (Å²) in [4.78, 5) is 17.0. The SMILES string of the molecule is CN[C@H](Cc1ccccc1)C(=O)N(C)C1CCN(C)CC1. The van der Waals surface area contributed by atoms with Gasteiger partial charge in [0.05, 0.1) is 6.04 Å². The molecule has 0 bridgehead atoms. The number of nitrogens with one attached hydrogen (secondary N) is 1. The molecule has 0 aliphatic carbocycles. The van der Waals surface area contributed by atoms with E-state index in [2.05, 4.69) is 29.4 Å². The summed E-state index contributed by atoms with van der Waals surface area (Å²) >= 11 is 0. The normalized spacial score (nSPS) is 18.4. The molecule has 21 heavy (non-hydrogen) atoms. The van der Waals surface area contributed by atoms with Crippen LogP contribution in [0, 0.1) is 0 Å². The highest BCUT2D eigenvalue weighted by Gasteiger charge is 2.28. The lowest BCUT2D eigenvalue weighted by molar-refractivity contribution is -0.134. The van der Waals surface area contributed by atoms with Crippen LogP contribution in [-0.2, 0) is 11.2 Å². The van der Waals surface area contributed by atoms with Crippen LogP contribution < -0.4 is 5.32 Å². The molecule has 1 aliphatic heterocycles. The van der Waals surface area contributed by atoms with Crippen molar-refractivity contribution in [2.75, 3.05) is 34.2 Å². The van der Waals surface area contributed by atoms with Crippen molar-refractivity contribution >= 4 is 5.91 Å². The number of carbonyl (C=O) groups excluding carboxylic acids is 1. The van der Waals surface area contributed by atoms with Gasteiger partial charge in [-0.1, -0.05) is 30.3 Å². The van der Waals surface area contributed by atoms with E-state index in [9.17, 15) is 4.79 Å². The highest BCUT2D eigenvalue weighted by molar-refractivity contribution is 5.82. The molecule has 1 aromatic rings. The molecule has 1 saturated heterocycles. The first-order chi connectivity index (χ1) is 10.1. The minimum atomic E-state index is -0.142. The molecule has 4 heteroatoms. The third kappa shape index (κ3) is 4.29. The average Bonchev–Trinajstić information content (AvgIpc) is 2.53. The van der Waals surface area contributed by atoms with Gasteiger partial charge in [-0.3, -0.25) is 4.79 Å². The average molecular weight is 289 g/mol. The maximum atomic E-state index is 12.7. The maximum absolute atomic E-state index is 12.7. The molecule has 1 aromatic carbocycles. The Kier molecular flexibility index (Phi) is 5.76. The van der Waals surface area contributed by atoms with E-state index in [1.807, 2.05) is 37.2 Å². The maximum Gasteiger partial charge on any atom is 0.240 e. The molecular weight excluding hydrogens is 262 g/mol. The summed E-state index contributed by atoms with van der Waals surface area (Å²) in [5, 5.41) is 3.18. The van der Waals surface area contributed by atoms with E-state index in [0.717, 1.165) is 32.4 Å². The van der Waals surface area contributed by atoms with Gasteiger partial charge < -0.3 is 15.1 Å². The van der Waals surface area contributed by atoms with Gasteiger partial charge in [0.15, 0.2) is 0 Å². The van der Waals surface area contributed by atoms with Gasteiger partial charge in [-0.2, -0.15) is 0 Å². The number of likely N-dealkylation sites (tertiary alicyclic amines) is 1. The van der Waals surface area contributed by atoms with Gasteiger partial charge in [-0.15, -0.1) is 0 Å². The van der Waals surface area contributed by atoms with E-state index in [1.165, 1.54) is 5.56 Å². The van der Waals surface area contributed by atoms with Crippen molar-refractivity contribution < 1.29 is 4.79 Å². The summed E-state index contributed by atoms with van der Waals surface area (Å²) in [6, 6.07) is 10.4. The first-order valence-corrected chi connectivity index (χ1v) is 7.78. The summed E-state index contributed by atoms with van der Waals surface area (Å²) in [6.07, 6.45) is 2.88. The summed E-state index contributed by atoms with van der Waals surface area (Å²) < 4.78 is 0. The fraction of sp³-hybridized carbons (Fsp3) is 0.588. The van der Waals surface area contributed by atoms with Gasteiger partial charge in [-0.25, -0.2) is 0 Å². The second-order valence-corrected chi connectivity index (χ2v) is 6.01. The molecule has 2 rings (SSSR count). The summed E-state index contributed by atoms with van der Waals surface area (Å²) in [6.45, 7) is 2.15. The number of likely N-dealkylation sites (N-methyl/N-ethyl adjacent to an activating group) is 2. The molecule has 4 nitrogen and oxygen atoms in total. The second kappa shape index (κ2) is 7.57. The number of amides is 1. The van der Waals surface area contributed by atoms with Crippen molar-refractivity contribution in [2.24, 2.45) is 0 Å². The van der Waals surface area contributed by atoms with E-state index in [-0.39, 0.29) is 11.9 Å². The van der Waals surface area contributed by atoms with Crippen LogP contribution in [0.4, 0.5) is 0 Å². The van der Waals surface area contributed by atoms with Crippen molar-refractivity contribution in [1.82, 2.24) is 15.1 Å². The number of benzene rings is 1. The Labute approximate surface area is 128 Å². The molecule has 1 amide bonds. The summed E-state index contributed by atoms with van der Waals surface area (Å²) in [5.41, 5.74) is 1.20. The van der Waals surface area contributed by atoms with Crippen LogP contribution in [0.2, 0.25) is 0 Å². The Morgan fingerprint density at radius 2 is 1.95 bits per heavy atom. The Morgan fingerprint density at radius 3 is 2.52 bits per heavy atom. The number of rotatable bonds is 5. The Bertz CT molecular complexity index is 441. The first-order valence-electron chi connectivity index (χ1n) is 7.78. The van der Waals surface area contributed by atoms with E-state index in [0.29, 0.717) is 6.04 Å². The number of piperidine rings is 1. The van der Waals surface area contributed by atoms with Gasteiger partial charge in [-0.05, 0) is 52.0 Å². The smallest absolute Gasteiger partial charge is 0.240 e. The predicted molar refractivity (Wildman–Crippen MR) is 86.3 cm³/mol. The largest absolute Gasteiger partial charge is 0.341 e. The Hall–Kier alpha value is -1.39. The van der Waals surface area contributed by atoms with Crippen molar-refractivity contribution in [3.8, 4) is 0 Å². The highest BCUT2D eigenvalue weighted by atomic mass is 16.2. The molecule has 116 valence electrons. The van der Waals surface area contributed by atoms with Crippen LogP contribution in [0.1, 0.15) is 18.4 Å². The molecule has 1 fully saturated rings. The van der Waals surface area contributed by atoms with Gasteiger partial charge >= 0.3 is 0 Å². The highest BCUT2D eigenvalue weighted by Crippen LogP contribution is 2.16. The third-order valence-corrected chi connectivity index (χ3v) is 4.51. The minimum absolute atomic E-state index is 0.142. The van der Waals surface area contributed by atoms with E-state index >= 15 is 0 Å². The number of hydrogen-bond donors (Lipinski definition) is 1. The molecule has 1 N–H and O–H groups in total. The van der Waals surface area contributed by atoms with Gasteiger partial charge in [0.25, 0.3) is 0 Å². The third-order valence-electron chi connectivity index (χ3n) is 4.51. The van der Waals surface area contributed by atoms with Crippen LogP contribution in [0.3, 0.4) is 0 Å².